The van der Waals surface area contributed by atoms with Gasteiger partial charge in [0.25, 0.3) is 0 Å². The zero-order chi connectivity index (χ0) is 54.8. The first-order valence-electron chi connectivity index (χ1n) is 24.6. The fourth-order valence-corrected chi connectivity index (χ4v) is 8.34. The Hall–Kier alpha value is -3.10. The average Bonchev–Trinajstić information content (AvgIpc) is 3.39. The molecule has 73 heavy (non-hydrogen) atoms. The molecule has 1 rings (SSSR count). The van der Waals surface area contributed by atoms with Crippen molar-refractivity contribution in [3.63, 3.8) is 0 Å². The van der Waals surface area contributed by atoms with Gasteiger partial charge < -0.3 is 56.3 Å². The van der Waals surface area contributed by atoms with E-state index in [1.54, 1.807) is 23.5 Å². The van der Waals surface area contributed by atoms with Gasteiger partial charge in [0, 0.05) is 64.5 Å². The van der Waals surface area contributed by atoms with Crippen molar-refractivity contribution in [2.24, 2.45) is 78.6 Å². The minimum atomic E-state index is -0.844. The van der Waals surface area contributed by atoms with Crippen molar-refractivity contribution in [3.05, 3.63) is 0 Å². The number of carbonyl (C=O) groups is 5. The van der Waals surface area contributed by atoms with Gasteiger partial charge in [-0.25, -0.2) is 0 Å². The number of Topliss-reactive ketones (excluding diaryl/α,β-unsaturated/α-hetero) is 3. The third-order valence-corrected chi connectivity index (χ3v) is 12.5. The lowest BCUT2D eigenvalue weighted by Gasteiger charge is -2.17. The Labute approximate surface area is 459 Å². The largest absolute Gasteiger partial charge is 0.481 e. The van der Waals surface area contributed by atoms with Crippen LogP contribution >= 0.6 is 46.9 Å². The van der Waals surface area contributed by atoms with Crippen LogP contribution in [0, 0.1) is 17.8 Å². The highest BCUT2D eigenvalue weighted by Crippen LogP contribution is 2.19. The zero-order valence-corrected chi connectivity index (χ0v) is 47.4. The van der Waals surface area contributed by atoms with E-state index in [9.17, 15) is 29.1 Å². The fraction of sp³-hybridized carbons (Fsp3) is 0.833. The molecule has 434 valence electrons. The molecule has 21 N–H and O–H groups in total. The molecule has 1 heterocycles. The lowest BCUT2D eigenvalue weighted by molar-refractivity contribution is -0.142. The van der Waals surface area contributed by atoms with Gasteiger partial charge in [0.05, 0.1) is 30.7 Å². The number of guanidine groups is 3. The first-order chi connectivity index (χ1) is 33.9. The predicted octanol–water partition coefficient (Wildman–Crippen LogP) is 3.72. The fourth-order valence-electron chi connectivity index (χ4n) is 6.66. The summed E-state index contributed by atoms with van der Waals surface area (Å²) in [6.07, 6.45) is 18.6. The summed E-state index contributed by atoms with van der Waals surface area (Å²) < 4.78 is 0. The molecule has 1 saturated heterocycles. The van der Waals surface area contributed by atoms with E-state index in [1.165, 1.54) is 12.8 Å². The van der Waals surface area contributed by atoms with Crippen LogP contribution in [-0.4, -0.2) is 152 Å². The second-order valence-electron chi connectivity index (χ2n) is 16.6. The van der Waals surface area contributed by atoms with Gasteiger partial charge in [-0.05, 0) is 119 Å². The molecule has 0 saturated carbocycles. The number of hydrogen-bond donors (Lipinski definition) is 13. The summed E-state index contributed by atoms with van der Waals surface area (Å²) >= 11 is 9.81. The highest BCUT2D eigenvalue weighted by Gasteiger charge is 2.26. The third kappa shape index (κ3) is 52.1. The molecule has 6 unspecified atom stereocenters. The Morgan fingerprint density at radius 3 is 1.56 bits per heavy atom. The number of aliphatic imine (C=N–C) groups is 3. The number of carboxylic acid groups (broad SMARTS) is 1. The maximum absolute atomic E-state index is 12.3. The first-order valence-corrected chi connectivity index (χ1v) is 29.5. The molecule has 1 amide bonds. The molecule has 1 aliphatic heterocycles. The van der Waals surface area contributed by atoms with E-state index < -0.39 is 11.9 Å². The summed E-state index contributed by atoms with van der Waals surface area (Å²) in [6, 6.07) is -0.810. The molecule has 25 heteroatoms. The van der Waals surface area contributed by atoms with E-state index in [-0.39, 0.29) is 93.1 Å². The van der Waals surface area contributed by atoms with Crippen LogP contribution in [0.5, 0.6) is 0 Å². The second kappa shape index (κ2) is 58.2. The normalized spacial score (nSPS) is 15.4. The maximum atomic E-state index is 12.3. The van der Waals surface area contributed by atoms with Gasteiger partial charge in [-0.3, -0.25) is 54.9 Å². The van der Waals surface area contributed by atoms with E-state index in [0.717, 1.165) is 49.4 Å². The first kappa shape index (κ1) is 81.3. The van der Waals surface area contributed by atoms with Crippen molar-refractivity contribution in [2.75, 3.05) is 82.0 Å². The van der Waals surface area contributed by atoms with E-state index in [0.29, 0.717) is 96.7 Å². The lowest BCUT2D eigenvalue weighted by Crippen LogP contribution is -2.43. The molecule has 1 fully saturated rings. The molecule has 0 aliphatic carbocycles. The molecule has 0 aromatic heterocycles. The Morgan fingerprint density at radius 2 is 1.14 bits per heavy atom. The highest BCUT2D eigenvalue weighted by molar-refractivity contribution is 7.98. The summed E-state index contributed by atoms with van der Waals surface area (Å²) in [5, 5.41) is 21.1. The molecule has 0 bridgehead atoms. The smallest absolute Gasteiger partial charge is 0.306 e. The Morgan fingerprint density at radius 1 is 0.699 bits per heavy atom. The molecular formula is C48H106ClN15O6S3. The molecule has 1 aliphatic rings. The lowest BCUT2D eigenvalue weighted by atomic mass is 9.95. The number of carbonyl (C=O) groups excluding carboxylic acids is 4. The molecule has 0 aromatic rings. The summed E-state index contributed by atoms with van der Waals surface area (Å²) in [6.45, 7) is 8.78. The summed E-state index contributed by atoms with van der Waals surface area (Å²) in [4.78, 5) is 71.7. The number of nitrogens with two attached hydrogens (primary N) is 8. The SMILES string of the molecule is C.C.CCC.CCl.CSCCC(C)CCC(=O)C(CCCN=C(N)N)NCN.CSCCC(CCC(=O)C(CCCN=C(N)N)NCN)C(=O)O.CSCCC1CCC(=O)C(CCCN=C(N)N)NCNC1=O. The van der Waals surface area contributed by atoms with Crippen LogP contribution in [0.2, 0.25) is 0 Å². The highest BCUT2D eigenvalue weighted by atomic mass is 35.5. The number of ketones is 3. The summed E-state index contributed by atoms with van der Waals surface area (Å²) in [5.74, 6) is 2.65. The van der Waals surface area contributed by atoms with Crippen LogP contribution in [-0.2, 0) is 24.0 Å². The quantitative estimate of drug-likeness (QED) is 0.0144. The van der Waals surface area contributed by atoms with Gasteiger partial charge in [0.15, 0.2) is 17.9 Å². The Kier molecular flexibility index (Phi) is 64.8. The van der Waals surface area contributed by atoms with E-state index in [4.69, 9.17) is 45.9 Å². The van der Waals surface area contributed by atoms with Crippen molar-refractivity contribution < 1.29 is 29.1 Å². The van der Waals surface area contributed by atoms with Gasteiger partial charge in [-0.1, -0.05) is 42.0 Å². The van der Waals surface area contributed by atoms with Crippen LogP contribution < -0.4 is 67.1 Å². The van der Waals surface area contributed by atoms with Crippen molar-refractivity contribution in [1.29, 1.82) is 0 Å². The number of thioether (sulfide) groups is 3. The van der Waals surface area contributed by atoms with Gasteiger partial charge in [-0.15, -0.1) is 11.6 Å². The summed E-state index contributed by atoms with van der Waals surface area (Å²) in [7, 11) is 0. The second-order valence-corrected chi connectivity index (χ2v) is 19.6. The molecule has 0 spiro atoms. The number of rotatable bonds is 34. The minimum absolute atomic E-state index is 0. The Bertz CT molecular complexity index is 1450. The molecule has 6 atom stereocenters. The zero-order valence-electron chi connectivity index (χ0n) is 44.2. The van der Waals surface area contributed by atoms with Crippen LogP contribution in [0.25, 0.3) is 0 Å². The molecule has 0 radical (unpaired) electrons. The number of amides is 1. The van der Waals surface area contributed by atoms with Crippen molar-refractivity contribution in [2.45, 2.75) is 156 Å². The third-order valence-electron chi connectivity index (χ3n) is 10.6. The topological polar surface area (TPSA) is 399 Å². The van der Waals surface area contributed by atoms with Crippen molar-refractivity contribution in [1.82, 2.24) is 21.3 Å². The van der Waals surface area contributed by atoms with Gasteiger partial charge in [0.1, 0.15) is 17.3 Å². The van der Waals surface area contributed by atoms with Crippen LogP contribution in [0.3, 0.4) is 0 Å². The Balaban J connectivity index is -0.000000218. The number of nitrogens with one attached hydrogen (secondary N) is 4. The summed E-state index contributed by atoms with van der Waals surface area (Å²) in [5.41, 5.74) is 42.5. The number of aliphatic carboxylic acids is 1. The molecule has 0 aromatic carbocycles. The number of nitrogens with zero attached hydrogens (tertiary/aromatic N) is 3. The van der Waals surface area contributed by atoms with Gasteiger partial charge >= 0.3 is 5.97 Å². The van der Waals surface area contributed by atoms with E-state index in [2.05, 4.69) is 74.9 Å². The van der Waals surface area contributed by atoms with Gasteiger partial charge in [0.2, 0.25) is 5.91 Å². The van der Waals surface area contributed by atoms with E-state index in [1.807, 2.05) is 24.3 Å². The standard InChI is InChI=1S/C14H29N5O3S.C14H27N5O2S.C14H31N5OS.C3H8.CH3Cl.2CH4/c1-23-8-6-10(13(21)22)4-5-12(20)11(19-9-15)3-2-7-18-14(16)17;1-22-8-6-10-4-5-12(20)11(18-9-19-13(10)21)3-2-7-17-14(15)16;1-11(7-9-21-2)5-6-13(20)12(19-10-15)4-3-8-18-14(16)17;1-3-2;1-2;;/h10-11,19H,2-9,15H2,1H3,(H,21,22)(H4,16,17,18);10-11,18H,2-9H2,1H3,(H,19,21)(H4,15,16,17);11-12,19H,3-10,15H2,1-2H3,(H4,16,17,18);3H2,1-2H3;1H3;2*1H4. The molecular weight excluding hydrogens is 1010 g/mol. The van der Waals surface area contributed by atoms with Crippen molar-refractivity contribution >= 4 is 94.0 Å². The monoisotopic (exact) mass is 1120 g/mol. The van der Waals surface area contributed by atoms with Crippen molar-refractivity contribution in [3.8, 4) is 0 Å². The molecule has 21 nitrogen and oxygen atoms in total. The van der Waals surface area contributed by atoms with E-state index >= 15 is 0 Å². The minimum Gasteiger partial charge on any atom is -0.481 e. The van der Waals surface area contributed by atoms with Crippen LogP contribution in [0.1, 0.15) is 138 Å². The average molecular weight is 1120 g/mol. The number of halogens is 1. The maximum Gasteiger partial charge on any atom is 0.306 e. The van der Waals surface area contributed by atoms with Crippen LogP contribution in [0.15, 0.2) is 15.0 Å². The number of hydrogen-bond acceptors (Lipinski definition) is 16. The predicted molar refractivity (Wildman–Crippen MR) is 318 cm³/mol. The number of carboxylic acids is 1. The van der Waals surface area contributed by atoms with Crippen LogP contribution in [0.4, 0.5) is 0 Å². The van der Waals surface area contributed by atoms with Gasteiger partial charge in [-0.2, -0.15) is 35.3 Å². The number of alkyl halides is 1.